The van der Waals surface area contributed by atoms with E-state index in [-0.39, 0.29) is 28.9 Å². The maximum Gasteiger partial charge on any atom is 0.288 e. The summed E-state index contributed by atoms with van der Waals surface area (Å²) in [6.07, 6.45) is 1.65. The average molecular weight is 313 g/mol. The molecule has 0 radical (unpaired) electrons. The Hall–Kier alpha value is -3.15. The van der Waals surface area contributed by atoms with E-state index in [1.807, 2.05) is 0 Å². The number of benzene rings is 2. The molecule has 0 fully saturated rings. The standard InChI is InChI=1S/C17H15NO5/c1-3-7-12-10-13(23-2)17(20)14(15(12)18(21)22)16(19)11-8-5-4-6-9-11/h3-6,8-10,20H,1,7H2,2H3. The molecule has 0 heterocycles. The minimum atomic E-state index is -0.672. The second-order valence-electron chi connectivity index (χ2n) is 4.76. The van der Waals surface area contributed by atoms with Crippen LogP contribution in [0.5, 0.6) is 11.5 Å². The molecule has 0 aliphatic heterocycles. The second kappa shape index (κ2) is 6.74. The van der Waals surface area contributed by atoms with Crippen molar-refractivity contribution in [2.24, 2.45) is 0 Å². The molecule has 1 N–H and O–H groups in total. The van der Waals surface area contributed by atoms with E-state index < -0.39 is 22.1 Å². The van der Waals surface area contributed by atoms with Crippen molar-refractivity contribution in [3.63, 3.8) is 0 Å². The van der Waals surface area contributed by atoms with E-state index in [0.717, 1.165) is 0 Å². The zero-order valence-corrected chi connectivity index (χ0v) is 12.5. The van der Waals surface area contributed by atoms with Crippen LogP contribution in [0.2, 0.25) is 0 Å². The Morgan fingerprint density at radius 2 is 2.04 bits per heavy atom. The number of carbonyl (C=O) groups is 1. The van der Waals surface area contributed by atoms with E-state index in [1.165, 1.54) is 31.4 Å². The Morgan fingerprint density at radius 1 is 1.39 bits per heavy atom. The third-order valence-corrected chi connectivity index (χ3v) is 3.35. The van der Waals surface area contributed by atoms with Gasteiger partial charge in [-0.1, -0.05) is 36.4 Å². The molecule has 6 heteroatoms. The predicted molar refractivity (Wildman–Crippen MR) is 85.1 cm³/mol. The Bertz CT molecular complexity index is 768. The van der Waals surface area contributed by atoms with Crippen LogP contribution in [0.1, 0.15) is 21.5 Å². The van der Waals surface area contributed by atoms with E-state index in [9.17, 15) is 20.0 Å². The molecule has 2 aromatic carbocycles. The fourth-order valence-electron chi connectivity index (χ4n) is 2.32. The number of nitro groups is 1. The number of carbonyl (C=O) groups excluding carboxylic acids is 1. The van der Waals surface area contributed by atoms with Gasteiger partial charge in [-0.3, -0.25) is 14.9 Å². The number of rotatable bonds is 6. The zero-order chi connectivity index (χ0) is 17.0. The Labute approximate surface area is 132 Å². The Balaban J connectivity index is 2.78. The van der Waals surface area contributed by atoms with E-state index in [1.54, 1.807) is 18.2 Å². The topological polar surface area (TPSA) is 89.7 Å². The van der Waals surface area contributed by atoms with Crippen LogP contribution in [0.15, 0.2) is 49.1 Å². The van der Waals surface area contributed by atoms with Crippen molar-refractivity contribution >= 4 is 11.5 Å². The van der Waals surface area contributed by atoms with Gasteiger partial charge in [0.1, 0.15) is 5.56 Å². The lowest BCUT2D eigenvalue weighted by molar-refractivity contribution is -0.385. The number of phenolic OH excluding ortho intramolecular Hbond substituents is 1. The van der Waals surface area contributed by atoms with Crippen LogP contribution < -0.4 is 4.74 Å². The van der Waals surface area contributed by atoms with Crippen LogP contribution in [0.25, 0.3) is 0 Å². The van der Waals surface area contributed by atoms with Crippen molar-refractivity contribution in [3.8, 4) is 11.5 Å². The number of hydrogen-bond donors (Lipinski definition) is 1. The summed E-state index contributed by atoms with van der Waals surface area (Å²) < 4.78 is 5.03. The molecule has 0 saturated heterocycles. The highest BCUT2D eigenvalue weighted by Crippen LogP contribution is 2.40. The summed E-state index contributed by atoms with van der Waals surface area (Å²) in [5, 5.41) is 21.7. The van der Waals surface area contributed by atoms with Gasteiger partial charge >= 0.3 is 0 Å². The predicted octanol–water partition coefficient (Wildman–Crippen LogP) is 3.27. The first-order valence-electron chi connectivity index (χ1n) is 6.79. The van der Waals surface area contributed by atoms with Gasteiger partial charge in [0.05, 0.1) is 12.0 Å². The molecule has 118 valence electrons. The fraction of sp³-hybridized carbons (Fsp3) is 0.118. The van der Waals surface area contributed by atoms with Crippen molar-refractivity contribution in [1.29, 1.82) is 0 Å². The summed E-state index contributed by atoms with van der Waals surface area (Å²) in [4.78, 5) is 23.5. The summed E-state index contributed by atoms with van der Waals surface area (Å²) in [6, 6.07) is 9.40. The van der Waals surface area contributed by atoms with Crippen molar-refractivity contribution in [2.45, 2.75) is 6.42 Å². The third-order valence-electron chi connectivity index (χ3n) is 3.35. The number of nitro benzene ring substituents is 1. The van der Waals surface area contributed by atoms with Gasteiger partial charge in [0.2, 0.25) is 5.78 Å². The minimum absolute atomic E-state index is 0.00623. The molecule has 2 aromatic rings. The number of phenols is 1. The highest BCUT2D eigenvalue weighted by Gasteiger charge is 2.31. The number of hydrogen-bond acceptors (Lipinski definition) is 5. The first-order chi connectivity index (χ1) is 11.0. The van der Waals surface area contributed by atoms with Gasteiger partial charge in [-0.2, -0.15) is 0 Å². The molecule has 23 heavy (non-hydrogen) atoms. The monoisotopic (exact) mass is 313 g/mol. The molecule has 0 unspecified atom stereocenters. The summed E-state index contributed by atoms with van der Waals surface area (Å²) in [5.74, 6) is -1.17. The first-order valence-corrected chi connectivity index (χ1v) is 6.79. The van der Waals surface area contributed by atoms with E-state index in [2.05, 4.69) is 6.58 Å². The number of aromatic hydroxyl groups is 1. The van der Waals surface area contributed by atoms with Gasteiger partial charge in [0.25, 0.3) is 5.69 Å². The number of allylic oxidation sites excluding steroid dienone is 1. The third kappa shape index (κ3) is 3.06. The van der Waals surface area contributed by atoms with Gasteiger partial charge < -0.3 is 9.84 Å². The molecule has 2 rings (SSSR count). The molecule has 0 aromatic heterocycles. The van der Waals surface area contributed by atoms with Crippen molar-refractivity contribution in [2.75, 3.05) is 7.11 Å². The summed E-state index contributed by atoms with van der Waals surface area (Å²) in [5.41, 5.74) is -0.322. The maximum atomic E-state index is 12.7. The molecular formula is C17H15NO5. The van der Waals surface area contributed by atoms with Crippen molar-refractivity contribution < 1.29 is 19.6 Å². The zero-order valence-electron chi connectivity index (χ0n) is 12.5. The molecule has 0 aliphatic rings. The van der Waals surface area contributed by atoms with Gasteiger partial charge in [-0.05, 0) is 12.5 Å². The Morgan fingerprint density at radius 3 is 2.57 bits per heavy atom. The molecule has 0 saturated carbocycles. The van der Waals surface area contributed by atoms with Crippen LogP contribution >= 0.6 is 0 Å². The normalized spacial score (nSPS) is 10.1. The molecular weight excluding hydrogens is 298 g/mol. The number of nitrogens with zero attached hydrogens (tertiary/aromatic N) is 1. The average Bonchev–Trinajstić information content (AvgIpc) is 2.55. The number of methoxy groups -OCH3 is 1. The van der Waals surface area contributed by atoms with Gasteiger partial charge in [0, 0.05) is 11.1 Å². The van der Waals surface area contributed by atoms with Crippen LogP contribution in [0.4, 0.5) is 5.69 Å². The fourth-order valence-corrected chi connectivity index (χ4v) is 2.32. The van der Waals surface area contributed by atoms with E-state index in [0.29, 0.717) is 0 Å². The SMILES string of the molecule is C=CCc1cc(OC)c(O)c(C(=O)c2ccccc2)c1[N+](=O)[O-]. The lowest BCUT2D eigenvalue weighted by Gasteiger charge is -2.12. The van der Waals surface area contributed by atoms with Crippen LogP contribution in [0, 0.1) is 10.1 Å². The lowest BCUT2D eigenvalue weighted by atomic mass is 9.96. The van der Waals surface area contributed by atoms with E-state index >= 15 is 0 Å². The summed E-state index contributed by atoms with van der Waals surface area (Å²) in [7, 11) is 1.31. The van der Waals surface area contributed by atoms with Crippen LogP contribution in [-0.2, 0) is 6.42 Å². The number of ether oxygens (including phenoxy) is 1. The molecule has 0 aliphatic carbocycles. The quantitative estimate of drug-likeness (QED) is 0.382. The van der Waals surface area contributed by atoms with Crippen LogP contribution in [0.3, 0.4) is 0 Å². The van der Waals surface area contributed by atoms with Crippen LogP contribution in [-0.4, -0.2) is 22.9 Å². The molecule has 0 amide bonds. The van der Waals surface area contributed by atoms with E-state index in [4.69, 9.17) is 4.74 Å². The highest BCUT2D eigenvalue weighted by atomic mass is 16.6. The molecule has 0 bridgehead atoms. The minimum Gasteiger partial charge on any atom is -0.504 e. The van der Waals surface area contributed by atoms with Crippen molar-refractivity contribution in [1.82, 2.24) is 0 Å². The smallest absolute Gasteiger partial charge is 0.288 e. The molecule has 0 spiro atoms. The number of ketones is 1. The summed E-state index contributed by atoms with van der Waals surface area (Å²) >= 11 is 0. The van der Waals surface area contributed by atoms with Gasteiger partial charge in [0.15, 0.2) is 11.5 Å². The second-order valence-corrected chi connectivity index (χ2v) is 4.76. The van der Waals surface area contributed by atoms with Gasteiger partial charge in [-0.25, -0.2) is 0 Å². The maximum absolute atomic E-state index is 12.7. The molecule has 0 atom stereocenters. The Kier molecular flexibility index (Phi) is 4.75. The van der Waals surface area contributed by atoms with Gasteiger partial charge in [-0.15, -0.1) is 6.58 Å². The molecule has 6 nitrogen and oxygen atoms in total. The first kappa shape index (κ1) is 16.2. The lowest BCUT2D eigenvalue weighted by Crippen LogP contribution is -2.09. The highest BCUT2D eigenvalue weighted by molar-refractivity contribution is 6.14. The summed E-state index contributed by atoms with van der Waals surface area (Å²) in [6.45, 7) is 3.56. The largest absolute Gasteiger partial charge is 0.504 e. The van der Waals surface area contributed by atoms with Crippen molar-refractivity contribution in [3.05, 3.63) is 75.9 Å².